The molecule has 1 amide bonds. The number of pyridine rings is 1. The van der Waals surface area contributed by atoms with Crippen molar-refractivity contribution in [2.45, 2.75) is 25.9 Å². The van der Waals surface area contributed by atoms with Gasteiger partial charge in [-0.25, -0.2) is 9.83 Å². The van der Waals surface area contributed by atoms with Crippen LogP contribution < -0.4 is 10.5 Å². The van der Waals surface area contributed by atoms with Crippen molar-refractivity contribution in [2.24, 2.45) is 7.05 Å². The lowest BCUT2D eigenvalue weighted by Crippen LogP contribution is -2.31. The van der Waals surface area contributed by atoms with Crippen LogP contribution in [0.15, 0.2) is 46.1 Å². The lowest BCUT2D eigenvalue weighted by atomic mass is 10.0. The predicted octanol–water partition coefficient (Wildman–Crippen LogP) is 4.88. The number of hydrogen-bond acceptors (Lipinski definition) is 3. The highest BCUT2D eigenvalue weighted by Crippen LogP contribution is 2.44. The van der Waals surface area contributed by atoms with Gasteiger partial charge in [-0.15, -0.1) is 0 Å². The number of carbonyl (C=O) groups excluding carboxylic acids is 1. The van der Waals surface area contributed by atoms with Gasteiger partial charge < -0.3 is 9.13 Å². The topological polar surface area (TPSA) is 64.5 Å². The zero-order chi connectivity index (χ0) is 21.7. The zero-order valence-electron chi connectivity index (χ0n) is 16.4. The molecule has 4 rings (SSSR count). The first-order valence-electron chi connectivity index (χ1n) is 9.19. The molecule has 30 heavy (non-hydrogen) atoms. The van der Waals surface area contributed by atoms with Crippen LogP contribution in [0.3, 0.4) is 0 Å². The maximum absolute atomic E-state index is 13.4. The van der Waals surface area contributed by atoms with Crippen molar-refractivity contribution in [2.75, 3.05) is 4.90 Å². The molecule has 9 heteroatoms. The molecule has 0 N–H and O–H groups in total. The molecular weight excluding hydrogens is 470 g/mol. The standard InChI is InChI=1S/C21H17BrClN5O2/c1-11(2)27-18-16(25-21(27)22)20(30)28(14-9-15(23)19(29)26(4)10-14)17(18)12-5-7-13(24-3)8-6-12/h5-11,17H,1-2,4H3. The number of aryl methyl sites for hydroxylation is 1. The minimum Gasteiger partial charge on any atom is -0.317 e. The summed E-state index contributed by atoms with van der Waals surface area (Å²) >= 11 is 9.62. The van der Waals surface area contributed by atoms with Gasteiger partial charge in [0.25, 0.3) is 11.5 Å². The second kappa shape index (κ2) is 7.42. The third kappa shape index (κ3) is 3.06. The van der Waals surface area contributed by atoms with Crippen molar-refractivity contribution in [1.29, 1.82) is 0 Å². The molecule has 1 atom stereocenters. The molecular formula is C21H17BrClN5O2. The molecule has 0 fully saturated rings. The van der Waals surface area contributed by atoms with E-state index in [1.54, 1.807) is 30.3 Å². The molecule has 1 unspecified atom stereocenters. The third-order valence-corrected chi connectivity index (χ3v) is 5.93. The van der Waals surface area contributed by atoms with E-state index >= 15 is 0 Å². The summed E-state index contributed by atoms with van der Waals surface area (Å²) in [6.07, 6.45) is 1.59. The number of nitrogens with zero attached hydrogens (tertiary/aromatic N) is 5. The summed E-state index contributed by atoms with van der Waals surface area (Å²) in [6.45, 7) is 11.2. The van der Waals surface area contributed by atoms with Crippen LogP contribution in [0.1, 0.15) is 47.7 Å². The van der Waals surface area contributed by atoms with Gasteiger partial charge in [0.05, 0.1) is 18.0 Å². The highest BCUT2D eigenvalue weighted by atomic mass is 79.9. The first kappa shape index (κ1) is 20.4. The van der Waals surface area contributed by atoms with Gasteiger partial charge in [-0.3, -0.25) is 14.5 Å². The maximum atomic E-state index is 13.4. The highest BCUT2D eigenvalue weighted by Gasteiger charge is 2.44. The Labute approximate surface area is 186 Å². The minimum absolute atomic E-state index is 0.0300. The van der Waals surface area contributed by atoms with Gasteiger partial charge in [0, 0.05) is 19.3 Å². The Balaban J connectivity index is 1.98. The SMILES string of the molecule is [C-]#[N+]c1ccc(C2c3c(nc(Br)n3C(C)C)C(=O)N2c2cc(Cl)c(=O)n(C)c2)cc1. The van der Waals surface area contributed by atoms with E-state index in [4.69, 9.17) is 18.2 Å². The summed E-state index contributed by atoms with van der Waals surface area (Å²) < 4.78 is 3.91. The van der Waals surface area contributed by atoms with Crippen molar-refractivity contribution in [3.05, 3.63) is 85.0 Å². The third-order valence-electron chi connectivity index (χ3n) is 5.10. The second-order valence-electron chi connectivity index (χ2n) is 7.32. The van der Waals surface area contributed by atoms with Gasteiger partial charge in [0.1, 0.15) is 11.1 Å². The average Bonchev–Trinajstić information content (AvgIpc) is 3.19. The Morgan fingerprint density at radius 3 is 2.47 bits per heavy atom. The van der Waals surface area contributed by atoms with Gasteiger partial charge in [-0.1, -0.05) is 35.9 Å². The van der Waals surface area contributed by atoms with Crippen molar-refractivity contribution in [3.63, 3.8) is 0 Å². The number of anilines is 1. The van der Waals surface area contributed by atoms with Gasteiger partial charge in [-0.2, -0.15) is 0 Å². The Hall–Kier alpha value is -2.89. The van der Waals surface area contributed by atoms with E-state index in [0.717, 1.165) is 11.3 Å². The second-order valence-corrected chi connectivity index (χ2v) is 8.44. The number of benzene rings is 1. The monoisotopic (exact) mass is 485 g/mol. The van der Waals surface area contributed by atoms with E-state index in [2.05, 4.69) is 25.8 Å². The summed E-state index contributed by atoms with van der Waals surface area (Å²) in [5.74, 6) is -0.279. The molecule has 1 aliphatic heterocycles. The lowest BCUT2D eigenvalue weighted by Gasteiger charge is -2.28. The van der Waals surface area contributed by atoms with Crippen LogP contribution in [0.2, 0.25) is 5.02 Å². The average molecular weight is 487 g/mol. The summed E-state index contributed by atoms with van der Waals surface area (Å²) in [7, 11) is 1.59. The first-order valence-corrected chi connectivity index (χ1v) is 10.4. The predicted molar refractivity (Wildman–Crippen MR) is 118 cm³/mol. The summed E-state index contributed by atoms with van der Waals surface area (Å²) in [5, 5.41) is 0.0300. The van der Waals surface area contributed by atoms with Gasteiger partial charge >= 0.3 is 0 Å². The van der Waals surface area contributed by atoms with Crippen LogP contribution in [0, 0.1) is 6.57 Å². The van der Waals surface area contributed by atoms with Crippen molar-refractivity contribution in [1.82, 2.24) is 14.1 Å². The molecule has 0 aliphatic carbocycles. The van der Waals surface area contributed by atoms with Gasteiger partial charge in [0.2, 0.25) is 0 Å². The molecule has 3 heterocycles. The van der Waals surface area contributed by atoms with Crippen molar-refractivity contribution in [3.8, 4) is 0 Å². The van der Waals surface area contributed by atoms with Crippen molar-refractivity contribution >= 4 is 44.8 Å². The summed E-state index contributed by atoms with van der Waals surface area (Å²) in [6, 6.07) is 8.19. The molecule has 0 bridgehead atoms. The fourth-order valence-corrected chi connectivity index (χ4v) is 4.79. The number of amides is 1. The Morgan fingerprint density at radius 1 is 1.23 bits per heavy atom. The molecule has 0 spiro atoms. The van der Waals surface area contributed by atoms with Crippen LogP contribution in [0.5, 0.6) is 0 Å². The summed E-state index contributed by atoms with van der Waals surface area (Å²) in [5.41, 5.74) is 2.60. The molecule has 3 aromatic rings. The van der Waals surface area contributed by atoms with Gasteiger partial charge in [0.15, 0.2) is 16.1 Å². The highest BCUT2D eigenvalue weighted by molar-refractivity contribution is 9.10. The molecule has 1 aliphatic rings. The normalized spacial score (nSPS) is 15.6. The van der Waals surface area contributed by atoms with E-state index in [9.17, 15) is 9.59 Å². The molecule has 0 saturated carbocycles. The number of imidazole rings is 1. The van der Waals surface area contributed by atoms with Crippen molar-refractivity contribution < 1.29 is 4.79 Å². The largest absolute Gasteiger partial charge is 0.317 e. The zero-order valence-corrected chi connectivity index (χ0v) is 18.8. The Bertz CT molecular complexity index is 1240. The van der Waals surface area contributed by atoms with E-state index < -0.39 is 6.04 Å². The van der Waals surface area contributed by atoms with Gasteiger partial charge in [-0.05, 0) is 41.4 Å². The number of fused-ring (bicyclic) bond motifs is 1. The van der Waals surface area contributed by atoms with Crippen LogP contribution in [0.25, 0.3) is 4.85 Å². The Kier molecular flexibility index (Phi) is 5.04. The lowest BCUT2D eigenvalue weighted by molar-refractivity contribution is 0.0989. The van der Waals surface area contributed by atoms with E-state index in [0.29, 0.717) is 21.8 Å². The van der Waals surface area contributed by atoms with E-state index in [1.165, 1.54) is 10.6 Å². The molecule has 7 nitrogen and oxygen atoms in total. The fraction of sp³-hybridized carbons (Fsp3) is 0.238. The van der Waals surface area contributed by atoms with E-state index in [-0.39, 0.29) is 22.5 Å². The number of aromatic nitrogens is 3. The molecule has 1 aromatic carbocycles. The van der Waals surface area contributed by atoms with E-state index in [1.807, 2.05) is 30.5 Å². The number of carbonyl (C=O) groups is 1. The van der Waals surface area contributed by atoms with Crippen LogP contribution in [-0.2, 0) is 7.05 Å². The maximum Gasteiger partial charge on any atom is 0.279 e. The fourth-order valence-electron chi connectivity index (χ4n) is 3.77. The molecule has 0 radical (unpaired) electrons. The van der Waals surface area contributed by atoms with Crippen LogP contribution in [0.4, 0.5) is 11.4 Å². The van der Waals surface area contributed by atoms with Crippen LogP contribution >= 0.6 is 27.5 Å². The minimum atomic E-state index is -0.484. The quantitative estimate of drug-likeness (QED) is 0.496. The Morgan fingerprint density at radius 2 is 1.90 bits per heavy atom. The first-order chi connectivity index (χ1) is 14.2. The number of rotatable bonds is 3. The number of halogens is 2. The van der Waals surface area contributed by atoms with Crippen LogP contribution in [-0.4, -0.2) is 20.0 Å². The molecule has 152 valence electrons. The smallest absolute Gasteiger partial charge is 0.279 e. The molecule has 0 saturated heterocycles. The summed E-state index contributed by atoms with van der Waals surface area (Å²) in [4.78, 5) is 35.0. The molecule has 2 aromatic heterocycles. The number of hydrogen-bond donors (Lipinski definition) is 0.